The van der Waals surface area contributed by atoms with Crippen LogP contribution in [0.1, 0.15) is 24.9 Å². The van der Waals surface area contributed by atoms with Crippen molar-refractivity contribution in [3.05, 3.63) is 35.8 Å². The highest BCUT2D eigenvalue weighted by Gasteiger charge is 2.09. The summed E-state index contributed by atoms with van der Waals surface area (Å²) in [4.78, 5) is 3.02. The van der Waals surface area contributed by atoms with E-state index in [0.717, 1.165) is 22.9 Å². The summed E-state index contributed by atoms with van der Waals surface area (Å²) in [6.45, 7) is 2.03. The first kappa shape index (κ1) is 9.21. The van der Waals surface area contributed by atoms with Crippen LogP contribution in [-0.4, -0.2) is 4.98 Å². The highest BCUT2D eigenvalue weighted by molar-refractivity contribution is 5.83. The summed E-state index contributed by atoms with van der Waals surface area (Å²) in [7, 11) is 0. The number of halogens is 1. The molecule has 1 heterocycles. The van der Waals surface area contributed by atoms with Gasteiger partial charge in [-0.3, -0.25) is 0 Å². The van der Waals surface area contributed by atoms with Gasteiger partial charge in [-0.15, -0.1) is 0 Å². The SMILES string of the molecule is CC[C@@H](N)c1c[nH]c2cc(F)ccc12. The van der Waals surface area contributed by atoms with Crippen LogP contribution in [0.15, 0.2) is 24.4 Å². The second-order valence-electron chi connectivity index (χ2n) is 3.45. The van der Waals surface area contributed by atoms with Gasteiger partial charge in [-0.2, -0.15) is 0 Å². The lowest BCUT2D eigenvalue weighted by molar-refractivity contribution is 0.629. The number of hydrogen-bond donors (Lipinski definition) is 2. The molecule has 0 saturated carbocycles. The van der Waals surface area contributed by atoms with Gasteiger partial charge < -0.3 is 10.7 Å². The van der Waals surface area contributed by atoms with Crippen LogP contribution in [0.3, 0.4) is 0 Å². The van der Waals surface area contributed by atoms with E-state index in [1.807, 2.05) is 13.1 Å². The zero-order valence-corrected chi connectivity index (χ0v) is 8.05. The Labute approximate surface area is 81.9 Å². The number of nitrogens with one attached hydrogen (secondary N) is 1. The van der Waals surface area contributed by atoms with E-state index < -0.39 is 0 Å². The fourth-order valence-electron chi connectivity index (χ4n) is 1.65. The van der Waals surface area contributed by atoms with Crippen molar-refractivity contribution in [2.75, 3.05) is 0 Å². The first-order valence-electron chi connectivity index (χ1n) is 4.74. The summed E-state index contributed by atoms with van der Waals surface area (Å²) in [5.41, 5.74) is 7.80. The molecule has 3 N–H and O–H groups in total. The van der Waals surface area contributed by atoms with Gasteiger partial charge in [0.15, 0.2) is 0 Å². The van der Waals surface area contributed by atoms with E-state index in [4.69, 9.17) is 5.73 Å². The number of H-pyrrole nitrogens is 1. The van der Waals surface area contributed by atoms with E-state index in [0.29, 0.717) is 0 Å². The molecular formula is C11H13FN2. The summed E-state index contributed by atoms with van der Waals surface area (Å²) < 4.78 is 12.9. The topological polar surface area (TPSA) is 41.8 Å². The number of aromatic nitrogens is 1. The van der Waals surface area contributed by atoms with Gasteiger partial charge in [-0.1, -0.05) is 6.92 Å². The maximum atomic E-state index is 12.9. The van der Waals surface area contributed by atoms with Crippen LogP contribution in [0.5, 0.6) is 0 Å². The Kier molecular flexibility index (Phi) is 2.25. The zero-order chi connectivity index (χ0) is 10.1. The third-order valence-electron chi connectivity index (χ3n) is 2.52. The average molecular weight is 192 g/mol. The van der Waals surface area contributed by atoms with Gasteiger partial charge in [0.2, 0.25) is 0 Å². The van der Waals surface area contributed by atoms with E-state index >= 15 is 0 Å². The predicted octanol–water partition coefficient (Wildman–Crippen LogP) is 2.72. The lowest BCUT2D eigenvalue weighted by Crippen LogP contribution is -2.07. The number of hydrogen-bond acceptors (Lipinski definition) is 1. The van der Waals surface area contributed by atoms with Crippen LogP contribution < -0.4 is 5.73 Å². The second kappa shape index (κ2) is 3.42. The Morgan fingerprint density at radius 3 is 3.00 bits per heavy atom. The number of benzene rings is 1. The summed E-state index contributed by atoms with van der Waals surface area (Å²) in [6, 6.07) is 4.74. The smallest absolute Gasteiger partial charge is 0.125 e. The summed E-state index contributed by atoms with van der Waals surface area (Å²) in [5.74, 6) is -0.226. The molecule has 0 aliphatic carbocycles. The maximum absolute atomic E-state index is 12.9. The maximum Gasteiger partial charge on any atom is 0.125 e. The number of aromatic amines is 1. The van der Waals surface area contributed by atoms with Gasteiger partial charge in [0.05, 0.1) is 0 Å². The molecule has 0 radical (unpaired) electrons. The Morgan fingerprint density at radius 2 is 2.29 bits per heavy atom. The fraction of sp³-hybridized carbons (Fsp3) is 0.273. The third-order valence-corrected chi connectivity index (χ3v) is 2.52. The first-order valence-corrected chi connectivity index (χ1v) is 4.74. The standard InChI is InChI=1S/C11H13FN2/c1-2-10(13)9-6-14-11-5-7(12)3-4-8(9)11/h3-6,10,14H,2,13H2,1H3/t10-/m1/s1. The normalized spacial score (nSPS) is 13.4. The molecular weight excluding hydrogens is 179 g/mol. The van der Waals surface area contributed by atoms with E-state index in [1.165, 1.54) is 12.1 Å². The van der Waals surface area contributed by atoms with E-state index in [1.54, 1.807) is 6.07 Å². The van der Waals surface area contributed by atoms with Crippen LogP contribution in [0.2, 0.25) is 0 Å². The molecule has 2 aromatic rings. The molecule has 0 bridgehead atoms. The highest BCUT2D eigenvalue weighted by Crippen LogP contribution is 2.24. The molecule has 2 nitrogen and oxygen atoms in total. The molecule has 0 spiro atoms. The van der Waals surface area contributed by atoms with E-state index in [9.17, 15) is 4.39 Å². The van der Waals surface area contributed by atoms with Gasteiger partial charge in [0.25, 0.3) is 0 Å². The van der Waals surface area contributed by atoms with Crippen molar-refractivity contribution in [1.82, 2.24) is 4.98 Å². The zero-order valence-electron chi connectivity index (χ0n) is 8.05. The second-order valence-corrected chi connectivity index (χ2v) is 3.45. The van der Waals surface area contributed by atoms with Crippen molar-refractivity contribution in [3.8, 4) is 0 Å². The van der Waals surface area contributed by atoms with Gasteiger partial charge in [0, 0.05) is 23.1 Å². The van der Waals surface area contributed by atoms with E-state index in [-0.39, 0.29) is 11.9 Å². The quantitative estimate of drug-likeness (QED) is 0.754. The lowest BCUT2D eigenvalue weighted by Gasteiger charge is -2.06. The molecule has 0 amide bonds. The van der Waals surface area contributed by atoms with Crippen molar-refractivity contribution >= 4 is 10.9 Å². The van der Waals surface area contributed by atoms with Crippen molar-refractivity contribution in [2.24, 2.45) is 5.73 Å². The third kappa shape index (κ3) is 1.40. The molecule has 1 aromatic carbocycles. The molecule has 14 heavy (non-hydrogen) atoms. The Bertz CT molecular complexity index is 447. The largest absolute Gasteiger partial charge is 0.361 e. The molecule has 0 aliphatic heterocycles. The molecule has 0 saturated heterocycles. The van der Waals surface area contributed by atoms with Gasteiger partial charge in [-0.25, -0.2) is 4.39 Å². The minimum atomic E-state index is -0.226. The molecule has 2 rings (SSSR count). The fourth-order valence-corrected chi connectivity index (χ4v) is 1.65. The lowest BCUT2D eigenvalue weighted by atomic mass is 10.0. The minimum Gasteiger partial charge on any atom is -0.361 e. The molecule has 3 heteroatoms. The van der Waals surface area contributed by atoms with Crippen molar-refractivity contribution < 1.29 is 4.39 Å². The van der Waals surface area contributed by atoms with Crippen molar-refractivity contribution in [2.45, 2.75) is 19.4 Å². The van der Waals surface area contributed by atoms with Crippen LogP contribution in [-0.2, 0) is 0 Å². The Hall–Kier alpha value is -1.35. The van der Waals surface area contributed by atoms with Crippen molar-refractivity contribution in [1.29, 1.82) is 0 Å². The monoisotopic (exact) mass is 192 g/mol. The minimum absolute atomic E-state index is 0.0224. The molecule has 0 unspecified atom stereocenters. The average Bonchev–Trinajstić information content (AvgIpc) is 2.59. The van der Waals surface area contributed by atoms with Gasteiger partial charge >= 0.3 is 0 Å². The van der Waals surface area contributed by atoms with Gasteiger partial charge in [-0.05, 0) is 30.2 Å². The van der Waals surface area contributed by atoms with Crippen LogP contribution in [0.4, 0.5) is 4.39 Å². The summed E-state index contributed by atoms with van der Waals surface area (Å²) in [5, 5.41) is 1.01. The van der Waals surface area contributed by atoms with E-state index in [2.05, 4.69) is 4.98 Å². The van der Waals surface area contributed by atoms with Crippen LogP contribution >= 0.6 is 0 Å². The summed E-state index contributed by atoms with van der Waals surface area (Å²) >= 11 is 0. The summed E-state index contributed by atoms with van der Waals surface area (Å²) in [6.07, 6.45) is 2.74. The number of fused-ring (bicyclic) bond motifs is 1. The predicted molar refractivity (Wildman–Crippen MR) is 55.5 cm³/mol. The molecule has 1 aromatic heterocycles. The Morgan fingerprint density at radius 1 is 1.50 bits per heavy atom. The van der Waals surface area contributed by atoms with Crippen LogP contribution in [0, 0.1) is 5.82 Å². The molecule has 1 atom stereocenters. The van der Waals surface area contributed by atoms with Crippen LogP contribution in [0.25, 0.3) is 10.9 Å². The number of rotatable bonds is 2. The molecule has 74 valence electrons. The molecule has 0 fully saturated rings. The molecule has 0 aliphatic rings. The highest BCUT2D eigenvalue weighted by atomic mass is 19.1. The number of nitrogens with two attached hydrogens (primary N) is 1. The van der Waals surface area contributed by atoms with Gasteiger partial charge in [0.1, 0.15) is 5.82 Å². The van der Waals surface area contributed by atoms with Crippen molar-refractivity contribution in [3.63, 3.8) is 0 Å². The Balaban J connectivity index is 2.58. The first-order chi connectivity index (χ1) is 6.72.